The van der Waals surface area contributed by atoms with Crippen LogP contribution in [-0.4, -0.2) is 68.0 Å². The van der Waals surface area contributed by atoms with Gasteiger partial charge in [0.15, 0.2) is 0 Å². The van der Waals surface area contributed by atoms with E-state index in [0.29, 0.717) is 47.5 Å². The lowest BCUT2D eigenvalue weighted by molar-refractivity contribution is -0.122. The predicted molar refractivity (Wildman–Crippen MR) is 169 cm³/mol. The van der Waals surface area contributed by atoms with Gasteiger partial charge >= 0.3 is 6.03 Å². The Morgan fingerprint density at radius 2 is 1.75 bits per heavy atom. The van der Waals surface area contributed by atoms with Crippen LogP contribution in [0.1, 0.15) is 29.5 Å². The van der Waals surface area contributed by atoms with Crippen molar-refractivity contribution in [3.05, 3.63) is 82.8 Å². The number of piperidine rings is 1. The number of nitrogens with zero attached hydrogens (tertiary/aromatic N) is 2. The maximum Gasteiger partial charge on any atom is 0.323 e. The van der Waals surface area contributed by atoms with E-state index in [9.17, 15) is 14.4 Å². The Labute approximate surface area is 257 Å². The molecule has 0 spiro atoms. The Bertz CT molecular complexity index is 1640. The summed E-state index contributed by atoms with van der Waals surface area (Å²) in [6.45, 7) is 4.98. The van der Waals surface area contributed by atoms with Gasteiger partial charge in [0.25, 0.3) is 5.91 Å². The fourth-order valence-corrected chi connectivity index (χ4v) is 5.83. The third kappa shape index (κ3) is 6.30. The highest BCUT2D eigenvalue weighted by molar-refractivity contribution is 6.06. The molecule has 44 heavy (non-hydrogen) atoms. The summed E-state index contributed by atoms with van der Waals surface area (Å²) in [5, 5.41) is 9.19. The molecule has 3 aromatic carbocycles. The van der Waals surface area contributed by atoms with Crippen molar-refractivity contribution in [1.29, 1.82) is 0 Å². The largest absolute Gasteiger partial charge is 0.496 e. The van der Waals surface area contributed by atoms with Crippen molar-refractivity contribution in [2.24, 2.45) is 0 Å². The normalized spacial score (nSPS) is 16.9. The minimum atomic E-state index is -0.368. The molecule has 5 rings (SSSR count). The Balaban J connectivity index is 1.40. The van der Waals surface area contributed by atoms with Gasteiger partial charge in [-0.2, -0.15) is 0 Å². The maximum atomic E-state index is 15.6. The van der Waals surface area contributed by atoms with Crippen molar-refractivity contribution < 1.29 is 23.5 Å². The molecule has 0 radical (unpaired) electrons. The second kappa shape index (κ2) is 12.9. The Morgan fingerprint density at radius 1 is 1.05 bits per heavy atom. The number of hydrogen-bond acceptors (Lipinski definition) is 5. The van der Waals surface area contributed by atoms with E-state index in [1.54, 1.807) is 20.3 Å². The molecule has 0 aliphatic carbocycles. The van der Waals surface area contributed by atoms with Gasteiger partial charge in [0, 0.05) is 57.1 Å². The first-order chi connectivity index (χ1) is 21.1. The number of halogens is 1. The predicted octanol–water partition coefficient (Wildman–Crippen LogP) is 4.97. The molecule has 3 N–H and O–H groups in total. The average Bonchev–Trinajstić information content (AvgIpc) is 3.00. The molecule has 4 amide bonds. The van der Waals surface area contributed by atoms with Crippen molar-refractivity contribution in [3.63, 3.8) is 0 Å². The molecule has 1 saturated heterocycles. The van der Waals surface area contributed by atoms with E-state index in [4.69, 9.17) is 4.74 Å². The van der Waals surface area contributed by atoms with Gasteiger partial charge < -0.3 is 30.5 Å². The van der Waals surface area contributed by atoms with E-state index >= 15 is 4.39 Å². The van der Waals surface area contributed by atoms with Crippen molar-refractivity contribution in [3.8, 4) is 28.0 Å². The van der Waals surface area contributed by atoms with E-state index in [1.165, 1.54) is 23.0 Å². The van der Waals surface area contributed by atoms with Crippen LogP contribution < -0.4 is 20.7 Å². The van der Waals surface area contributed by atoms with Gasteiger partial charge in [-0.1, -0.05) is 30.3 Å². The molecule has 1 fully saturated rings. The van der Waals surface area contributed by atoms with Crippen LogP contribution in [0.15, 0.2) is 60.3 Å². The minimum Gasteiger partial charge on any atom is -0.496 e. The number of benzene rings is 3. The highest BCUT2D eigenvalue weighted by Gasteiger charge is 2.25. The van der Waals surface area contributed by atoms with Crippen molar-refractivity contribution in [2.45, 2.75) is 39.3 Å². The van der Waals surface area contributed by atoms with Crippen LogP contribution in [0.4, 0.5) is 14.9 Å². The molecule has 0 aromatic heterocycles. The number of nitrogens with one attached hydrogen (secondary N) is 3. The number of urea groups is 1. The molecule has 0 unspecified atom stereocenters. The third-order valence-electron chi connectivity index (χ3n) is 8.40. The van der Waals surface area contributed by atoms with Crippen LogP contribution in [0.25, 0.3) is 22.3 Å². The van der Waals surface area contributed by atoms with E-state index in [-0.39, 0.29) is 42.8 Å². The molecule has 0 saturated carbocycles. The third-order valence-corrected chi connectivity index (χ3v) is 8.40. The minimum absolute atomic E-state index is 0.0392. The second-order valence-electron chi connectivity index (χ2n) is 11.4. The first kappa shape index (κ1) is 30.7. The molecule has 3 aromatic rings. The molecule has 2 aliphatic rings. The van der Waals surface area contributed by atoms with Gasteiger partial charge in [0.05, 0.1) is 19.2 Å². The molecular weight excluding hydrogens is 561 g/mol. The number of likely N-dealkylation sites (N-methyl/N-ethyl adjacent to an activating group) is 1. The molecule has 2 aliphatic heterocycles. The number of hydrogen-bond donors (Lipinski definition) is 3. The number of amides is 4. The number of anilines is 1. The van der Waals surface area contributed by atoms with Gasteiger partial charge in [-0.3, -0.25) is 9.59 Å². The van der Waals surface area contributed by atoms with Gasteiger partial charge in [-0.25, -0.2) is 9.18 Å². The first-order valence-electron chi connectivity index (χ1n) is 14.6. The molecule has 230 valence electrons. The topological polar surface area (TPSA) is 103 Å². The first-order valence-corrected chi connectivity index (χ1v) is 14.6. The van der Waals surface area contributed by atoms with Crippen LogP contribution in [0.5, 0.6) is 5.75 Å². The van der Waals surface area contributed by atoms with Crippen molar-refractivity contribution in [1.82, 2.24) is 20.4 Å². The summed E-state index contributed by atoms with van der Waals surface area (Å²) in [5.74, 6) is -0.148. The molecule has 0 bridgehead atoms. The zero-order valence-corrected chi connectivity index (χ0v) is 25.7. The monoisotopic (exact) mass is 599 g/mol. The summed E-state index contributed by atoms with van der Waals surface area (Å²) in [4.78, 5) is 39.6. The quantitative estimate of drug-likeness (QED) is 0.339. The maximum absolute atomic E-state index is 15.6. The second-order valence-corrected chi connectivity index (χ2v) is 11.4. The highest BCUT2D eigenvalue weighted by Crippen LogP contribution is 2.38. The Morgan fingerprint density at radius 3 is 2.43 bits per heavy atom. The lowest BCUT2D eigenvalue weighted by Crippen LogP contribution is -2.45. The van der Waals surface area contributed by atoms with E-state index < -0.39 is 0 Å². The lowest BCUT2D eigenvalue weighted by atomic mass is 9.90. The van der Waals surface area contributed by atoms with Crippen LogP contribution in [0.3, 0.4) is 0 Å². The Kier molecular flexibility index (Phi) is 9.01. The van der Waals surface area contributed by atoms with Gasteiger partial charge in [-0.05, 0) is 71.8 Å². The fraction of sp³-hybridized carbons (Fsp3) is 0.324. The van der Waals surface area contributed by atoms with Gasteiger partial charge in [-0.15, -0.1) is 0 Å². The fourth-order valence-electron chi connectivity index (χ4n) is 5.83. The zero-order valence-electron chi connectivity index (χ0n) is 25.7. The van der Waals surface area contributed by atoms with Crippen LogP contribution in [-0.2, 0) is 16.1 Å². The van der Waals surface area contributed by atoms with E-state index in [1.807, 2.05) is 56.3 Å². The average molecular weight is 600 g/mol. The molecule has 1 atom stereocenters. The summed E-state index contributed by atoms with van der Waals surface area (Å²) in [5.41, 5.74) is 6.91. The van der Waals surface area contributed by atoms with Crippen molar-refractivity contribution in [2.75, 3.05) is 39.6 Å². The summed E-state index contributed by atoms with van der Waals surface area (Å²) >= 11 is 0. The standard InChI is InChI=1S/C34H38FN5O4/c1-20-25(22-14-29(35)28(31(15-22)44-5)17-36-24-12-13-32(41)37-16-24)8-6-9-26(20)27-10-7-11-30(21(27)2)38-33(42)23-18-39(3)34(43)40(4)19-23/h6-11,14-15,18,24,36H,12-13,16-17,19H2,1-5H3,(H,37,41)(H,38,42)/t24-/m0/s1. The number of carbonyl (C=O) groups excluding carboxylic acids is 3. The molecule has 2 heterocycles. The van der Waals surface area contributed by atoms with Crippen LogP contribution in [0, 0.1) is 19.7 Å². The highest BCUT2D eigenvalue weighted by atomic mass is 19.1. The molecule has 10 heteroatoms. The molecular formula is C34H38FN5O4. The zero-order chi connectivity index (χ0) is 31.5. The summed E-state index contributed by atoms with van der Waals surface area (Å²) in [6, 6.07) is 15.0. The summed E-state index contributed by atoms with van der Waals surface area (Å²) in [7, 11) is 4.82. The van der Waals surface area contributed by atoms with Crippen LogP contribution in [0.2, 0.25) is 0 Å². The number of rotatable bonds is 8. The number of methoxy groups -OCH3 is 1. The smallest absolute Gasteiger partial charge is 0.323 e. The number of carbonyl (C=O) groups is 3. The SMILES string of the molecule is COc1cc(-c2cccc(-c3cccc(NC(=O)C4=CN(C)C(=O)N(C)C4)c3C)c2C)cc(F)c1CN[C@H]1CCC(=O)NC1. The summed E-state index contributed by atoms with van der Waals surface area (Å²) < 4.78 is 21.2. The van der Waals surface area contributed by atoms with Crippen molar-refractivity contribution >= 4 is 23.5 Å². The van der Waals surface area contributed by atoms with Gasteiger partial charge in [0.1, 0.15) is 11.6 Å². The lowest BCUT2D eigenvalue weighted by Gasteiger charge is -2.29. The summed E-state index contributed by atoms with van der Waals surface area (Å²) in [6.07, 6.45) is 2.72. The van der Waals surface area contributed by atoms with Crippen LogP contribution >= 0.6 is 0 Å². The van der Waals surface area contributed by atoms with E-state index in [0.717, 1.165) is 27.8 Å². The molecule has 9 nitrogen and oxygen atoms in total. The van der Waals surface area contributed by atoms with E-state index in [2.05, 4.69) is 16.0 Å². The van der Waals surface area contributed by atoms with Gasteiger partial charge in [0.2, 0.25) is 5.91 Å². The Hall–Kier alpha value is -4.70. The number of ether oxygens (including phenoxy) is 1.